The maximum Gasteiger partial charge on any atom is 0.408 e. The molecule has 0 radical (unpaired) electrons. The summed E-state index contributed by atoms with van der Waals surface area (Å²) in [6.07, 6.45) is 1.25. The van der Waals surface area contributed by atoms with Crippen molar-refractivity contribution in [3.8, 4) is 10.4 Å². The van der Waals surface area contributed by atoms with Gasteiger partial charge in [0.1, 0.15) is 5.60 Å². The number of benzene rings is 1. The number of carbonyl (C=O) groups is 2. The van der Waals surface area contributed by atoms with Crippen LogP contribution in [0.5, 0.6) is 0 Å². The third kappa shape index (κ3) is 9.10. The molecule has 0 saturated heterocycles. The van der Waals surface area contributed by atoms with E-state index in [-0.39, 0.29) is 18.9 Å². The smallest absolute Gasteiger partial charge is 0.408 e. The van der Waals surface area contributed by atoms with E-state index in [1.807, 2.05) is 24.3 Å². The Labute approximate surface area is 198 Å². The van der Waals surface area contributed by atoms with Crippen molar-refractivity contribution < 1.29 is 31.7 Å². The third-order valence-corrected chi connectivity index (χ3v) is 5.71. The number of nitrogens with one attached hydrogen (secondary N) is 1. The van der Waals surface area contributed by atoms with Gasteiger partial charge >= 0.3 is 12.1 Å². The lowest BCUT2D eigenvalue weighted by molar-refractivity contribution is 0.0495. The number of thiazole rings is 1. The third-order valence-electron chi connectivity index (χ3n) is 4.24. The molecule has 0 aliphatic carbocycles. The molecule has 0 saturated carbocycles. The molecule has 0 unspecified atom stereocenters. The molecule has 0 aliphatic rings. The number of amides is 1. The van der Waals surface area contributed by atoms with Crippen molar-refractivity contribution in [3.63, 3.8) is 0 Å². The number of aromatic nitrogens is 1. The van der Waals surface area contributed by atoms with Gasteiger partial charge < -0.3 is 14.8 Å². The molecular weight excluding hydrogens is 468 g/mol. The van der Waals surface area contributed by atoms with Gasteiger partial charge in [-0.1, -0.05) is 24.3 Å². The lowest BCUT2D eigenvalue weighted by atomic mass is 10.00. The lowest BCUT2D eigenvalue weighted by Crippen LogP contribution is -2.35. The molecule has 0 bridgehead atoms. The van der Waals surface area contributed by atoms with Crippen molar-refractivity contribution in [2.24, 2.45) is 0 Å². The molecular formula is C22H30N2O7S2. The maximum absolute atomic E-state index is 12.4. The summed E-state index contributed by atoms with van der Waals surface area (Å²) in [6.45, 7) is 7.31. The Bertz CT molecular complexity index is 1040. The zero-order chi connectivity index (χ0) is 24.6. The van der Waals surface area contributed by atoms with Gasteiger partial charge in [-0.05, 0) is 51.7 Å². The minimum Gasteiger partial charge on any atom is -0.461 e. The van der Waals surface area contributed by atoms with E-state index >= 15 is 0 Å². The zero-order valence-electron chi connectivity index (χ0n) is 19.4. The number of rotatable bonds is 10. The number of hydrogen-bond acceptors (Lipinski definition) is 9. The van der Waals surface area contributed by atoms with Crippen LogP contribution in [0.2, 0.25) is 0 Å². The predicted molar refractivity (Wildman–Crippen MR) is 126 cm³/mol. The van der Waals surface area contributed by atoms with Crippen molar-refractivity contribution in [2.75, 3.05) is 19.5 Å². The molecule has 1 aromatic heterocycles. The highest BCUT2D eigenvalue weighted by Crippen LogP contribution is 2.30. The first-order valence-electron chi connectivity index (χ1n) is 10.4. The Morgan fingerprint density at radius 2 is 1.85 bits per heavy atom. The van der Waals surface area contributed by atoms with Gasteiger partial charge in [-0.3, -0.25) is 4.18 Å². The number of carbonyl (C=O) groups excluding carboxylic acids is 2. The van der Waals surface area contributed by atoms with E-state index in [1.54, 1.807) is 33.2 Å². The van der Waals surface area contributed by atoms with Crippen molar-refractivity contribution in [1.82, 2.24) is 10.3 Å². The van der Waals surface area contributed by atoms with Crippen LogP contribution >= 0.6 is 11.3 Å². The summed E-state index contributed by atoms with van der Waals surface area (Å²) in [7, 11) is -3.53. The van der Waals surface area contributed by atoms with E-state index in [1.165, 1.54) is 11.3 Å². The molecule has 2 aromatic rings. The quantitative estimate of drug-likeness (QED) is 0.292. The topological polar surface area (TPSA) is 121 Å². The second kappa shape index (κ2) is 11.6. The van der Waals surface area contributed by atoms with Gasteiger partial charge in [0.15, 0.2) is 5.69 Å². The fourth-order valence-electron chi connectivity index (χ4n) is 2.93. The highest BCUT2D eigenvalue weighted by atomic mass is 32.2. The first-order chi connectivity index (χ1) is 15.4. The first-order valence-corrected chi connectivity index (χ1v) is 13.1. The standard InChI is InChI=1S/C22H30N2O7S2/c1-6-29-20(25)18-19(32-14-23-18)16-11-9-15(10-12-16)17(8-7-13-30-33(5,27)28)24-21(26)31-22(2,3)4/h9-12,14,17H,6-8,13H2,1-5H3,(H,24,26)/t17-/m0/s1. The Morgan fingerprint density at radius 3 is 2.42 bits per heavy atom. The molecule has 1 N–H and O–H groups in total. The summed E-state index contributed by atoms with van der Waals surface area (Å²) < 4.78 is 37.6. The van der Waals surface area contributed by atoms with Crippen LogP contribution in [0.4, 0.5) is 4.79 Å². The minimum atomic E-state index is -3.53. The number of esters is 1. The summed E-state index contributed by atoms with van der Waals surface area (Å²) in [4.78, 5) is 29.3. The van der Waals surface area contributed by atoms with Crippen LogP contribution in [-0.2, 0) is 23.8 Å². The molecule has 11 heteroatoms. The van der Waals surface area contributed by atoms with E-state index in [0.29, 0.717) is 17.7 Å². The number of nitrogens with zero attached hydrogens (tertiary/aromatic N) is 1. The number of hydrogen-bond donors (Lipinski definition) is 1. The first kappa shape index (κ1) is 26.7. The molecule has 1 heterocycles. The van der Waals surface area contributed by atoms with Crippen LogP contribution < -0.4 is 5.32 Å². The second-order valence-electron chi connectivity index (χ2n) is 8.24. The fraction of sp³-hybridized carbons (Fsp3) is 0.500. The number of alkyl carbamates (subject to hydrolysis) is 1. The van der Waals surface area contributed by atoms with Crippen LogP contribution in [0.25, 0.3) is 10.4 Å². The summed E-state index contributed by atoms with van der Waals surface area (Å²) >= 11 is 1.33. The average molecular weight is 499 g/mol. The summed E-state index contributed by atoms with van der Waals surface area (Å²) in [5.74, 6) is -0.479. The van der Waals surface area contributed by atoms with E-state index in [0.717, 1.165) is 17.4 Å². The van der Waals surface area contributed by atoms with E-state index < -0.39 is 33.8 Å². The van der Waals surface area contributed by atoms with Gasteiger partial charge in [0, 0.05) is 0 Å². The Balaban J connectivity index is 2.19. The maximum atomic E-state index is 12.4. The summed E-state index contributed by atoms with van der Waals surface area (Å²) in [5, 5.41) is 2.84. The number of ether oxygens (including phenoxy) is 2. The van der Waals surface area contributed by atoms with Gasteiger partial charge in [-0.2, -0.15) is 8.42 Å². The normalized spacial score (nSPS) is 12.8. The lowest BCUT2D eigenvalue weighted by Gasteiger charge is -2.24. The molecule has 182 valence electrons. The van der Waals surface area contributed by atoms with Crippen LogP contribution in [0.15, 0.2) is 29.8 Å². The summed E-state index contributed by atoms with van der Waals surface area (Å²) in [6, 6.07) is 6.92. The SMILES string of the molecule is CCOC(=O)c1ncsc1-c1ccc([C@H](CCCOS(C)(=O)=O)NC(=O)OC(C)(C)C)cc1. The van der Waals surface area contributed by atoms with Crippen molar-refractivity contribution in [1.29, 1.82) is 0 Å². The largest absolute Gasteiger partial charge is 0.461 e. The Kier molecular flexibility index (Phi) is 9.38. The van der Waals surface area contributed by atoms with E-state index in [4.69, 9.17) is 13.7 Å². The van der Waals surface area contributed by atoms with E-state index in [2.05, 4.69) is 10.3 Å². The monoisotopic (exact) mass is 498 g/mol. The zero-order valence-corrected chi connectivity index (χ0v) is 21.0. The van der Waals surface area contributed by atoms with E-state index in [9.17, 15) is 18.0 Å². The average Bonchev–Trinajstić information content (AvgIpc) is 3.18. The van der Waals surface area contributed by atoms with Crippen LogP contribution in [0.3, 0.4) is 0 Å². The van der Waals surface area contributed by atoms with Gasteiger partial charge in [0.2, 0.25) is 0 Å². The van der Waals surface area contributed by atoms with Crippen molar-refractivity contribution >= 4 is 33.5 Å². The second-order valence-corrected chi connectivity index (χ2v) is 10.7. The van der Waals surface area contributed by atoms with Crippen molar-refractivity contribution in [2.45, 2.75) is 52.2 Å². The van der Waals surface area contributed by atoms with Crippen molar-refractivity contribution in [3.05, 3.63) is 41.0 Å². The Morgan fingerprint density at radius 1 is 1.18 bits per heavy atom. The molecule has 2 rings (SSSR count). The summed E-state index contributed by atoms with van der Waals surface area (Å²) in [5.41, 5.74) is 2.78. The van der Waals surface area contributed by atoms with Gasteiger partial charge in [-0.25, -0.2) is 14.6 Å². The van der Waals surface area contributed by atoms with Crippen LogP contribution in [0, 0.1) is 0 Å². The van der Waals surface area contributed by atoms with Crippen LogP contribution in [0.1, 0.15) is 62.6 Å². The molecule has 0 aliphatic heterocycles. The molecule has 1 amide bonds. The van der Waals surface area contributed by atoms with Crippen LogP contribution in [-0.4, -0.2) is 50.5 Å². The molecule has 0 fully saturated rings. The molecule has 1 aromatic carbocycles. The molecule has 1 atom stereocenters. The minimum absolute atomic E-state index is 0.00712. The predicted octanol–water partition coefficient (Wildman–Crippen LogP) is 4.31. The highest BCUT2D eigenvalue weighted by molar-refractivity contribution is 7.85. The highest BCUT2D eigenvalue weighted by Gasteiger charge is 2.22. The Hall–Kier alpha value is -2.50. The fourth-order valence-corrected chi connectivity index (χ4v) is 4.14. The molecule has 33 heavy (non-hydrogen) atoms. The molecule has 9 nitrogen and oxygen atoms in total. The van der Waals surface area contributed by atoms with Gasteiger partial charge in [0.25, 0.3) is 10.1 Å². The van der Waals surface area contributed by atoms with Gasteiger partial charge in [-0.15, -0.1) is 11.3 Å². The molecule has 0 spiro atoms. The van der Waals surface area contributed by atoms with Gasteiger partial charge in [0.05, 0.1) is 35.9 Å².